The van der Waals surface area contributed by atoms with Gasteiger partial charge in [-0.25, -0.2) is 9.59 Å². The Hall–Kier alpha value is -3.88. The normalized spacial score (nSPS) is 10.2. The lowest BCUT2D eigenvalue weighted by Crippen LogP contribution is -2.39. The number of benzene rings is 2. The van der Waals surface area contributed by atoms with Gasteiger partial charge >= 0.3 is 12.0 Å². The van der Waals surface area contributed by atoms with Crippen molar-refractivity contribution in [3.8, 4) is 0 Å². The molecule has 0 saturated carbocycles. The second-order valence-electron chi connectivity index (χ2n) is 7.06. The van der Waals surface area contributed by atoms with Gasteiger partial charge in [0, 0.05) is 30.9 Å². The molecule has 0 heterocycles. The average molecular weight is 426 g/mol. The first-order valence-electron chi connectivity index (χ1n) is 9.71. The lowest BCUT2D eigenvalue weighted by Gasteiger charge is -2.10. The number of carbonyl (C=O) groups is 4. The largest absolute Gasteiger partial charge is 0.452 e. The summed E-state index contributed by atoms with van der Waals surface area (Å²) < 4.78 is 5.03. The lowest BCUT2D eigenvalue weighted by atomic mass is 10.1. The maximum atomic E-state index is 12.1. The van der Waals surface area contributed by atoms with Gasteiger partial charge in [0.2, 0.25) is 5.91 Å². The van der Waals surface area contributed by atoms with Gasteiger partial charge < -0.3 is 26.0 Å². The van der Waals surface area contributed by atoms with E-state index in [-0.39, 0.29) is 18.0 Å². The summed E-state index contributed by atoms with van der Waals surface area (Å²) in [6.07, 6.45) is 0. The number of urea groups is 1. The van der Waals surface area contributed by atoms with Gasteiger partial charge in [0.15, 0.2) is 6.61 Å². The van der Waals surface area contributed by atoms with Crippen molar-refractivity contribution in [2.24, 2.45) is 0 Å². The van der Waals surface area contributed by atoms with Crippen molar-refractivity contribution in [3.05, 3.63) is 59.7 Å². The Morgan fingerprint density at radius 1 is 0.871 bits per heavy atom. The molecule has 0 radical (unpaired) electrons. The Morgan fingerprint density at radius 3 is 2.00 bits per heavy atom. The second kappa shape index (κ2) is 11.3. The van der Waals surface area contributed by atoms with Crippen molar-refractivity contribution in [1.29, 1.82) is 0 Å². The molecule has 0 aromatic heterocycles. The third-order valence-electron chi connectivity index (χ3n) is 3.89. The van der Waals surface area contributed by atoms with Gasteiger partial charge in [0.1, 0.15) is 0 Å². The average Bonchev–Trinajstić information content (AvgIpc) is 2.71. The van der Waals surface area contributed by atoms with Crippen LogP contribution in [0.15, 0.2) is 48.5 Å². The fraction of sp³-hybridized carbons (Fsp3) is 0.273. The number of hydrogen-bond acceptors (Lipinski definition) is 5. The third kappa shape index (κ3) is 8.57. The molecule has 0 saturated heterocycles. The predicted molar refractivity (Wildman–Crippen MR) is 117 cm³/mol. The molecular formula is C22H26N4O5. The number of anilines is 2. The number of amides is 4. The van der Waals surface area contributed by atoms with E-state index in [1.807, 2.05) is 13.8 Å². The first kappa shape index (κ1) is 23.4. The van der Waals surface area contributed by atoms with E-state index in [1.54, 1.807) is 48.5 Å². The summed E-state index contributed by atoms with van der Waals surface area (Å²) in [6.45, 7) is 5.01. The van der Waals surface area contributed by atoms with Crippen LogP contribution in [0.5, 0.6) is 0 Å². The second-order valence-corrected chi connectivity index (χ2v) is 7.06. The van der Waals surface area contributed by atoms with Crippen LogP contribution in [-0.2, 0) is 20.9 Å². The smallest absolute Gasteiger partial charge is 0.338 e. The minimum Gasteiger partial charge on any atom is -0.452 e. The van der Waals surface area contributed by atoms with Gasteiger partial charge in [-0.15, -0.1) is 0 Å². The minimum atomic E-state index is -0.631. The summed E-state index contributed by atoms with van der Waals surface area (Å²) in [7, 11) is 0. The zero-order valence-corrected chi connectivity index (χ0v) is 17.7. The highest BCUT2D eigenvalue weighted by Crippen LogP contribution is 2.13. The monoisotopic (exact) mass is 426 g/mol. The molecule has 0 spiro atoms. The van der Waals surface area contributed by atoms with Gasteiger partial charge in [-0.3, -0.25) is 9.59 Å². The first-order valence-corrected chi connectivity index (χ1v) is 9.71. The molecule has 0 atom stereocenters. The molecule has 2 aromatic carbocycles. The molecule has 9 heteroatoms. The van der Waals surface area contributed by atoms with E-state index in [2.05, 4.69) is 21.3 Å². The highest BCUT2D eigenvalue weighted by molar-refractivity contribution is 5.96. The lowest BCUT2D eigenvalue weighted by molar-refractivity contribution is -0.119. The van der Waals surface area contributed by atoms with Crippen LogP contribution in [0.1, 0.15) is 36.7 Å². The van der Waals surface area contributed by atoms with Crippen molar-refractivity contribution in [3.63, 3.8) is 0 Å². The quantitative estimate of drug-likeness (QED) is 0.483. The fourth-order valence-electron chi connectivity index (χ4n) is 2.51. The number of ether oxygens (including phenoxy) is 1. The van der Waals surface area contributed by atoms with Crippen molar-refractivity contribution in [2.45, 2.75) is 33.4 Å². The van der Waals surface area contributed by atoms with E-state index >= 15 is 0 Å². The standard InChI is InChI=1S/C22H26N4O5/c1-14(2)24-22(30)23-12-16-4-6-17(7-5-16)21(29)31-13-20(28)26-19-10-8-18(9-11-19)25-15(3)27/h4-11,14H,12-13H2,1-3H3,(H,25,27)(H,26,28)(H2,23,24,30). The predicted octanol–water partition coefficient (Wildman–Crippen LogP) is 2.65. The maximum absolute atomic E-state index is 12.1. The summed E-state index contributed by atoms with van der Waals surface area (Å²) in [4.78, 5) is 46.7. The molecule has 164 valence electrons. The van der Waals surface area contributed by atoms with Gasteiger partial charge in [-0.2, -0.15) is 0 Å². The van der Waals surface area contributed by atoms with Gasteiger partial charge in [-0.1, -0.05) is 12.1 Å². The van der Waals surface area contributed by atoms with Gasteiger partial charge in [0.25, 0.3) is 5.91 Å². The van der Waals surface area contributed by atoms with Gasteiger partial charge in [0.05, 0.1) is 5.56 Å². The Morgan fingerprint density at radius 2 is 1.45 bits per heavy atom. The molecule has 4 amide bonds. The zero-order chi connectivity index (χ0) is 22.8. The molecule has 31 heavy (non-hydrogen) atoms. The molecule has 0 bridgehead atoms. The van der Waals surface area contributed by atoms with Crippen molar-refractivity contribution < 1.29 is 23.9 Å². The SMILES string of the molecule is CC(=O)Nc1ccc(NC(=O)COC(=O)c2ccc(CNC(=O)NC(C)C)cc2)cc1. The highest BCUT2D eigenvalue weighted by atomic mass is 16.5. The van der Waals surface area contributed by atoms with Crippen LogP contribution in [-0.4, -0.2) is 36.5 Å². The summed E-state index contributed by atoms with van der Waals surface area (Å²) >= 11 is 0. The van der Waals surface area contributed by atoms with E-state index in [4.69, 9.17) is 4.74 Å². The van der Waals surface area contributed by atoms with E-state index in [0.29, 0.717) is 23.5 Å². The number of carbonyl (C=O) groups excluding carboxylic acids is 4. The molecule has 0 aliphatic rings. The Bertz CT molecular complexity index is 924. The Balaban J connectivity index is 1.77. The Kier molecular flexibility index (Phi) is 8.56. The molecule has 0 unspecified atom stereocenters. The summed E-state index contributed by atoms with van der Waals surface area (Å²) in [5.41, 5.74) is 2.23. The molecule has 9 nitrogen and oxygen atoms in total. The number of esters is 1. The summed E-state index contributed by atoms with van der Waals surface area (Å²) in [6, 6.07) is 12.8. The van der Waals surface area contributed by atoms with Crippen LogP contribution in [0.2, 0.25) is 0 Å². The third-order valence-corrected chi connectivity index (χ3v) is 3.89. The number of rotatable bonds is 8. The van der Waals surface area contributed by atoms with Crippen LogP contribution in [0.25, 0.3) is 0 Å². The first-order chi connectivity index (χ1) is 14.7. The van der Waals surface area contributed by atoms with Crippen LogP contribution in [0.4, 0.5) is 16.2 Å². The van der Waals surface area contributed by atoms with Crippen LogP contribution in [0.3, 0.4) is 0 Å². The summed E-state index contributed by atoms with van der Waals surface area (Å²) in [5.74, 6) is -1.31. The number of nitrogens with one attached hydrogen (secondary N) is 4. The molecule has 0 aliphatic carbocycles. The van der Waals surface area contributed by atoms with E-state index in [9.17, 15) is 19.2 Å². The van der Waals surface area contributed by atoms with Crippen molar-refractivity contribution in [1.82, 2.24) is 10.6 Å². The molecule has 2 rings (SSSR count). The molecular weight excluding hydrogens is 400 g/mol. The highest BCUT2D eigenvalue weighted by Gasteiger charge is 2.11. The number of hydrogen-bond donors (Lipinski definition) is 4. The van der Waals surface area contributed by atoms with Gasteiger partial charge in [-0.05, 0) is 55.8 Å². The molecule has 2 aromatic rings. The van der Waals surface area contributed by atoms with Crippen LogP contribution >= 0.6 is 0 Å². The van der Waals surface area contributed by atoms with E-state index in [1.165, 1.54) is 6.92 Å². The maximum Gasteiger partial charge on any atom is 0.338 e. The topological polar surface area (TPSA) is 126 Å². The molecule has 0 aliphatic heterocycles. The minimum absolute atomic E-state index is 0.0393. The van der Waals surface area contributed by atoms with Crippen LogP contribution < -0.4 is 21.3 Å². The zero-order valence-electron chi connectivity index (χ0n) is 17.7. The van der Waals surface area contributed by atoms with Crippen molar-refractivity contribution >= 4 is 35.2 Å². The summed E-state index contributed by atoms with van der Waals surface area (Å²) in [5, 5.41) is 10.7. The molecule has 4 N–H and O–H groups in total. The molecule has 0 fully saturated rings. The van der Waals surface area contributed by atoms with E-state index in [0.717, 1.165) is 5.56 Å². The van der Waals surface area contributed by atoms with Crippen LogP contribution in [0, 0.1) is 0 Å². The Labute approximate surface area is 180 Å². The van der Waals surface area contributed by atoms with E-state index < -0.39 is 18.5 Å². The fourth-order valence-corrected chi connectivity index (χ4v) is 2.51. The van der Waals surface area contributed by atoms with Crippen molar-refractivity contribution in [2.75, 3.05) is 17.2 Å².